The molecule has 2 aromatic rings. The van der Waals surface area contributed by atoms with E-state index in [9.17, 15) is 19.2 Å². The molecule has 0 radical (unpaired) electrons. The minimum atomic E-state index is -0.341. The van der Waals surface area contributed by atoms with E-state index in [1.165, 1.54) is 17.2 Å². The Morgan fingerprint density at radius 1 is 0.933 bits per heavy atom. The number of nitrogens with zero attached hydrogens (tertiary/aromatic N) is 3. The van der Waals surface area contributed by atoms with Crippen LogP contribution in [0.5, 0.6) is 0 Å². The van der Waals surface area contributed by atoms with Crippen molar-refractivity contribution in [1.29, 1.82) is 0 Å². The summed E-state index contributed by atoms with van der Waals surface area (Å²) >= 11 is 0. The lowest BCUT2D eigenvalue weighted by Crippen LogP contribution is -2.50. The number of carbonyl (C=O) groups is 4. The summed E-state index contributed by atoms with van der Waals surface area (Å²) in [5.41, 5.74) is 1.01. The summed E-state index contributed by atoms with van der Waals surface area (Å²) in [6.45, 7) is 3.96. The number of benzene rings is 1. The molecule has 8 nitrogen and oxygen atoms in total. The van der Waals surface area contributed by atoms with Crippen molar-refractivity contribution in [1.82, 2.24) is 14.7 Å². The molecule has 156 valence electrons. The first-order valence-electron chi connectivity index (χ1n) is 10.1. The van der Waals surface area contributed by atoms with Gasteiger partial charge in [0.15, 0.2) is 5.76 Å². The van der Waals surface area contributed by atoms with Crippen molar-refractivity contribution in [2.75, 3.05) is 32.7 Å². The second kappa shape index (κ2) is 8.14. The molecule has 2 aliphatic heterocycles. The van der Waals surface area contributed by atoms with Gasteiger partial charge in [-0.05, 0) is 36.8 Å². The van der Waals surface area contributed by atoms with Crippen LogP contribution in [-0.2, 0) is 0 Å². The molecule has 8 heteroatoms. The van der Waals surface area contributed by atoms with Crippen molar-refractivity contribution in [2.45, 2.75) is 19.8 Å². The van der Waals surface area contributed by atoms with Crippen LogP contribution >= 0.6 is 0 Å². The molecule has 1 aromatic carbocycles. The second-order valence-electron chi connectivity index (χ2n) is 7.44. The monoisotopic (exact) mass is 409 g/mol. The van der Waals surface area contributed by atoms with Crippen LogP contribution in [0, 0.1) is 0 Å². The average Bonchev–Trinajstić information content (AvgIpc) is 3.39. The summed E-state index contributed by atoms with van der Waals surface area (Å²) in [5.74, 6) is -0.764. The van der Waals surface area contributed by atoms with Gasteiger partial charge in [0.1, 0.15) is 0 Å². The van der Waals surface area contributed by atoms with Crippen LogP contribution in [0.3, 0.4) is 0 Å². The number of hydrogen-bond acceptors (Lipinski definition) is 5. The van der Waals surface area contributed by atoms with Crippen molar-refractivity contribution in [3.8, 4) is 0 Å². The molecular formula is C22H23N3O5. The summed E-state index contributed by atoms with van der Waals surface area (Å²) in [6, 6.07) is 7.95. The maximum atomic E-state index is 12.9. The van der Waals surface area contributed by atoms with Crippen LogP contribution in [0.2, 0.25) is 0 Å². The fraction of sp³-hybridized carbons (Fsp3) is 0.364. The van der Waals surface area contributed by atoms with Crippen LogP contribution in [0.4, 0.5) is 0 Å². The number of hydrogen-bond donors (Lipinski definition) is 0. The van der Waals surface area contributed by atoms with Gasteiger partial charge in [0.25, 0.3) is 23.6 Å². The van der Waals surface area contributed by atoms with Gasteiger partial charge in [-0.25, -0.2) is 0 Å². The predicted molar refractivity (Wildman–Crippen MR) is 107 cm³/mol. The molecule has 1 fully saturated rings. The lowest BCUT2D eigenvalue weighted by Gasteiger charge is -2.34. The van der Waals surface area contributed by atoms with Crippen molar-refractivity contribution >= 4 is 23.6 Å². The van der Waals surface area contributed by atoms with Gasteiger partial charge < -0.3 is 14.2 Å². The Bertz CT molecular complexity index is 990. The largest absolute Gasteiger partial charge is 0.459 e. The standard InChI is InChI=1S/C22H23N3O5/c1-2-3-8-25-20(27)16-7-6-15(14-17(16)21(25)28)19(26)23-9-11-24(12-10-23)22(29)18-5-4-13-30-18/h4-7,13-14H,2-3,8-12H2,1H3. The highest BCUT2D eigenvalue weighted by molar-refractivity contribution is 6.22. The molecule has 3 heterocycles. The molecule has 0 bridgehead atoms. The molecule has 0 aliphatic carbocycles. The van der Waals surface area contributed by atoms with Gasteiger partial charge in [0.2, 0.25) is 0 Å². The summed E-state index contributed by atoms with van der Waals surface area (Å²) in [4.78, 5) is 54.9. The van der Waals surface area contributed by atoms with Crippen LogP contribution in [0.1, 0.15) is 61.4 Å². The molecule has 0 unspecified atom stereocenters. The molecule has 0 N–H and O–H groups in total. The Morgan fingerprint density at radius 3 is 2.23 bits per heavy atom. The third kappa shape index (κ3) is 3.49. The summed E-state index contributed by atoms with van der Waals surface area (Å²) < 4.78 is 5.15. The summed E-state index contributed by atoms with van der Waals surface area (Å²) in [6.07, 6.45) is 3.08. The number of amides is 4. The molecule has 1 aromatic heterocycles. The van der Waals surface area contributed by atoms with E-state index in [0.717, 1.165) is 12.8 Å². The number of furan rings is 1. The van der Waals surface area contributed by atoms with Crippen LogP contribution in [0.15, 0.2) is 41.0 Å². The molecule has 2 aliphatic rings. The SMILES string of the molecule is CCCCN1C(=O)c2ccc(C(=O)N3CCN(C(=O)c4ccco4)CC3)cc2C1=O. The van der Waals surface area contributed by atoms with Gasteiger partial charge in [-0.15, -0.1) is 0 Å². The number of piperazine rings is 1. The lowest BCUT2D eigenvalue weighted by atomic mass is 10.0. The van der Waals surface area contributed by atoms with E-state index in [1.54, 1.807) is 34.1 Å². The first-order chi connectivity index (χ1) is 14.5. The summed E-state index contributed by atoms with van der Waals surface area (Å²) in [7, 11) is 0. The maximum absolute atomic E-state index is 12.9. The zero-order valence-electron chi connectivity index (χ0n) is 16.8. The lowest BCUT2D eigenvalue weighted by molar-refractivity contribution is 0.0518. The smallest absolute Gasteiger partial charge is 0.289 e. The molecule has 4 rings (SSSR count). The van der Waals surface area contributed by atoms with Crippen molar-refractivity contribution in [2.24, 2.45) is 0 Å². The minimum absolute atomic E-state index is 0.194. The Morgan fingerprint density at radius 2 is 1.60 bits per heavy atom. The number of fused-ring (bicyclic) bond motifs is 1. The zero-order chi connectivity index (χ0) is 21.3. The van der Waals surface area contributed by atoms with E-state index in [4.69, 9.17) is 4.42 Å². The van der Waals surface area contributed by atoms with Crippen molar-refractivity contribution in [3.63, 3.8) is 0 Å². The quantitative estimate of drug-likeness (QED) is 0.707. The number of unbranched alkanes of at least 4 members (excludes halogenated alkanes) is 1. The molecule has 0 saturated carbocycles. The van der Waals surface area contributed by atoms with Gasteiger partial charge in [-0.2, -0.15) is 0 Å². The van der Waals surface area contributed by atoms with E-state index >= 15 is 0 Å². The fourth-order valence-electron chi connectivity index (χ4n) is 3.79. The number of imide groups is 1. The second-order valence-corrected chi connectivity index (χ2v) is 7.44. The molecular weight excluding hydrogens is 386 g/mol. The average molecular weight is 409 g/mol. The molecule has 1 saturated heterocycles. The van der Waals surface area contributed by atoms with Crippen molar-refractivity contribution < 1.29 is 23.6 Å². The molecule has 0 atom stereocenters. The first-order valence-corrected chi connectivity index (χ1v) is 10.1. The van der Waals surface area contributed by atoms with Gasteiger partial charge >= 0.3 is 0 Å². The highest BCUT2D eigenvalue weighted by Crippen LogP contribution is 2.25. The third-order valence-corrected chi connectivity index (χ3v) is 5.54. The maximum Gasteiger partial charge on any atom is 0.289 e. The van der Waals surface area contributed by atoms with Crippen LogP contribution < -0.4 is 0 Å². The van der Waals surface area contributed by atoms with Gasteiger partial charge in [0.05, 0.1) is 17.4 Å². The van der Waals surface area contributed by atoms with Crippen LogP contribution in [-0.4, -0.2) is 71.1 Å². The van der Waals surface area contributed by atoms with E-state index in [-0.39, 0.29) is 35.0 Å². The first kappa shape index (κ1) is 19.9. The normalized spacial score (nSPS) is 16.2. The van der Waals surface area contributed by atoms with Crippen LogP contribution in [0.25, 0.3) is 0 Å². The van der Waals surface area contributed by atoms with Crippen molar-refractivity contribution in [3.05, 3.63) is 59.0 Å². The summed E-state index contributed by atoms with van der Waals surface area (Å²) in [5, 5.41) is 0. The Labute approximate surface area is 174 Å². The van der Waals surface area contributed by atoms with Gasteiger partial charge in [-0.1, -0.05) is 13.3 Å². The van der Waals surface area contributed by atoms with E-state index in [1.807, 2.05) is 6.92 Å². The van der Waals surface area contributed by atoms with E-state index in [2.05, 4.69) is 0 Å². The fourth-order valence-corrected chi connectivity index (χ4v) is 3.79. The topological polar surface area (TPSA) is 91.1 Å². The zero-order valence-corrected chi connectivity index (χ0v) is 16.8. The number of rotatable bonds is 5. The van der Waals surface area contributed by atoms with Gasteiger partial charge in [-0.3, -0.25) is 24.1 Å². The van der Waals surface area contributed by atoms with E-state index < -0.39 is 0 Å². The Kier molecular flexibility index (Phi) is 5.39. The van der Waals surface area contributed by atoms with E-state index in [0.29, 0.717) is 43.9 Å². The highest BCUT2D eigenvalue weighted by atomic mass is 16.3. The van der Waals surface area contributed by atoms with Gasteiger partial charge in [0, 0.05) is 38.3 Å². The Hall–Kier alpha value is -3.42. The minimum Gasteiger partial charge on any atom is -0.459 e. The third-order valence-electron chi connectivity index (χ3n) is 5.54. The molecule has 0 spiro atoms. The molecule has 30 heavy (non-hydrogen) atoms. The Balaban J connectivity index is 1.43. The molecule has 4 amide bonds. The highest BCUT2D eigenvalue weighted by Gasteiger charge is 2.36. The predicted octanol–water partition coefficient (Wildman–Crippen LogP) is 2.27. The number of carbonyl (C=O) groups excluding carboxylic acids is 4.